The molecule has 9 rings (SSSR count). The van der Waals surface area contributed by atoms with Gasteiger partial charge in [-0.1, -0.05) is 72.8 Å². The van der Waals surface area contributed by atoms with E-state index < -0.39 is 0 Å². The van der Waals surface area contributed by atoms with Crippen LogP contribution in [0.5, 0.6) is 0 Å². The Kier molecular flexibility index (Phi) is 4.68. The van der Waals surface area contributed by atoms with E-state index in [0.717, 1.165) is 71.3 Å². The molecule has 0 N–H and O–H groups in total. The number of rotatable bonds is 2. The van der Waals surface area contributed by atoms with Crippen molar-refractivity contribution in [1.82, 2.24) is 4.57 Å². The lowest BCUT2D eigenvalue weighted by Crippen LogP contribution is -1.94. The van der Waals surface area contributed by atoms with Crippen molar-refractivity contribution in [2.45, 2.75) is 0 Å². The summed E-state index contributed by atoms with van der Waals surface area (Å²) in [6, 6.07) is 42.8. The minimum absolute atomic E-state index is 0.455. The highest BCUT2D eigenvalue weighted by Crippen LogP contribution is 2.42. The lowest BCUT2D eigenvalue weighted by Gasteiger charge is -2.08. The number of nitrogens with zero attached hydrogens (tertiary/aromatic N) is 3. The fourth-order valence-corrected chi connectivity index (χ4v) is 6.57. The molecule has 5 heteroatoms. The molecular formula is C38H19N3O2. The molecule has 0 saturated heterocycles. The van der Waals surface area contributed by atoms with Crippen LogP contribution < -0.4 is 0 Å². The number of fused-ring (bicyclic) bond motifs is 9. The summed E-state index contributed by atoms with van der Waals surface area (Å²) in [5.74, 6) is 0. The molecule has 5 nitrogen and oxygen atoms in total. The van der Waals surface area contributed by atoms with Crippen LogP contribution in [0.2, 0.25) is 0 Å². The van der Waals surface area contributed by atoms with E-state index in [9.17, 15) is 10.5 Å². The van der Waals surface area contributed by atoms with Gasteiger partial charge in [0.1, 0.15) is 17.2 Å². The third kappa shape index (κ3) is 3.19. The summed E-state index contributed by atoms with van der Waals surface area (Å²) in [6.07, 6.45) is 0. The number of furan rings is 2. The van der Waals surface area contributed by atoms with Crippen LogP contribution in [0.3, 0.4) is 0 Å². The Bertz CT molecular complexity index is 2710. The van der Waals surface area contributed by atoms with Gasteiger partial charge < -0.3 is 13.4 Å². The second-order valence-corrected chi connectivity index (χ2v) is 10.7. The Labute approximate surface area is 244 Å². The molecule has 0 fully saturated rings. The van der Waals surface area contributed by atoms with Gasteiger partial charge in [-0.25, -0.2) is 0 Å². The van der Waals surface area contributed by atoms with Gasteiger partial charge in [-0.2, -0.15) is 10.5 Å². The molecule has 3 aromatic heterocycles. The first-order valence-electron chi connectivity index (χ1n) is 14.0. The van der Waals surface area contributed by atoms with Crippen molar-refractivity contribution >= 4 is 65.7 Å². The van der Waals surface area contributed by atoms with Gasteiger partial charge in [-0.3, -0.25) is 0 Å². The zero-order valence-corrected chi connectivity index (χ0v) is 22.6. The second kappa shape index (κ2) is 8.60. The maximum Gasteiger partial charge on any atom is 0.159 e. The molecule has 0 bridgehead atoms. The largest absolute Gasteiger partial charge is 0.455 e. The Morgan fingerprint density at radius 2 is 1.26 bits per heavy atom. The van der Waals surface area contributed by atoms with Crippen molar-refractivity contribution < 1.29 is 8.83 Å². The van der Waals surface area contributed by atoms with E-state index >= 15 is 0 Å². The molecule has 6 aromatic carbocycles. The van der Waals surface area contributed by atoms with Crippen molar-refractivity contribution in [2.75, 3.05) is 0 Å². The molecule has 0 radical (unpaired) electrons. The van der Waals surface area contributed by atoms with Gasteiger partial charge in [-0.05, 0) is 48.0 Å². The number of benzene rings is 6. The highest BCUT2D eigenvalue weighted by Gasteiger charge is 2.21. The topological polar surface area (TPSA) is 78.8 Å². The van der Waals surface area contributed by atoms with Gasteiger partial charge in [0.15, 0.2) is 11.2 Å². The minimum Gasteiger partial charge on any atom is -0.455 e. The fraction of sp³-hybridized carbons (Fsp3) is 0. The van der Waals surface area contributed by atoms with Gasteiger partial charge in [0.25, 0.3) is 0 Å². The first-order chi connectivity index (χ1) is 21.2. The summed E-state index contributed by atoms with van der Waals surface area (Å²) >= 11 is 0. The molecular weight excluding hydrogens is 530 g/mol. The zero-order chi connectivity index (χ0) is 28.7. The van der Waals surface area contributed by atoms with Crippen LogP contribution in [0.15, 0.2) is 124 Å². The molecule has 198 valence electrons. The van der Waals surface area contributed by atoms with Crippen LogP contribution in [-0.2, 0) is 0 Å². The highest BCUT2D eigenvalue weighted by molar-refractivity contribution is 6.15. The lowest BCUT2D eigenvalue weighted by molar-refractivity contribution is 0.665. The van der Waals surface area contributed by atoms with E-state index in [1.54, 1.807) is 0 Å². The van der Waals surface area contributed by atoms with E-state index in [0.29, 0.717) is 22.3 Å². The number of hydrogen-bond acceptors (Lipinski definition) is 4. The zero-order valence-electron chi connectivity index (χ0n) is 22.6. The highest BCUT2D eigenvalue weighted by atomic mass is 16.3. The quantitative estimate of drug-likeness (QED) is 0.215. The summed E-state index contributed by atoms with van der Waals surface area (Å²) in [7, 11) is 0. The van der Waals surface area contributed by atoms with Crippen LogP contribution in [-0.4, -0.2) is 4.57 Å². The molecule has 0 aliphatic rings. The second-order valence-electron chi connectivity index (χ2n) is 10.7. The molecule has 43 heavy (non-hydrogen) atoms. The number of aromatic nitrogens is 1. The van der Waals surface area contributed by atoms with Gasteiger partial charge in [0.05, 0.1) is 33.9 Å². The number of para-hydroxylation sites is 4. The summed E-state index contributed by atoms with van der Waals surface area (Å²) < 4.78 is 15.1. The standard InChI is InChI=1S/C38H19N3O2/c39-20-22-15-16-27-26-7-1-3-12-32(26)41(34(27)17-22)33-13-6-11-30-31-19-23(18-24(21-40)36(31)43-38(30)33)25-9-5-10-29-28-8-2-4-14-35(28)42-37(25)29/h1-19H. The Hall–Kier alpha value is -6.30. The minimum atomic E-state index is 0.455. The van der Waals surface area contributed by atoms with Crippen molar-refractivity contribution in [1.29, 1.82) is 10.5 Å². The molecule has 9 aromatic rings. The van der Waals surface area contributed by atoms with E-state index in [-0.39, 0.29) is 0 Å². The molecule has 0 unspecified atom stereocenters. The summed E-state index contributed by atoms with van der Waals surface area (Å²) in [5.41, 5.74) is 8.48. The van der Waals surface area contributed by atoms with Gasteiger partial charge in [-0.15, -0.1) is 0 Å². The summed E-state index contributed by atoms with van der Waals surface area (Å²) in [4.78, 5) is 0. The monoisotopic (exact) mass is 549 g/mol. The van der Waals surface area contributed by atoms with Crippen molar-refractivity contribution in [3.8, 4) is 29.0 Å². The molecule has 0 aliphatic heterocycles. The predicted molar refractivity (Wildman–Crippen MR) is 170 cm³/mol. The molecule has 0 amide bonds. The molecule has 0 saturated carbocycles. The van der Waals surface area contributed by atoms with Crippen molar-refractivity contribution in [3.63, 3.8) is 0 Å². The Balaban J connectivity index is 1.35. The van der Waals surface area contributed by atoms with Crippen LogP contribution in [0.25, 0.3) is 82.5 Å². The van der Waals surface area contributed by atoms with Crippen LogP contribution >= 0.6 is 0 Å². The van der Waals surface area contributed by atoms with Gasteiger partial charge in [0.2, 0.25) is 0 Å². The van der Waals surface area contributed by atoms with Gasteiger partial charge >= 0.3 is 0 Å². The number of nitriles is 2. The molecule has 0 spiro atoms. The van der Waals surface area contributed by atoms with E-state index in [1.807, 2.05) is 84.9 Å². The smallest absolute Gasteiger partial charge is 0.159 e. The Morgan fingerprint density at radius 3 is 2.12 bits per heavy atom. The first-order valence-corrected chi connectivity index (χ1v) is 14.0. The normalized spacial score (nSPS) is 11.7. The maximum absolute atomic E-state index is 10.3. The summed E-state index contributed by atoms with van der Waals surface area (Å²) in [6.45, 7) is 0. The first kappa shape index (κ1) is 23.4. The van der Waals surface area contributed by atoms with Crippen LogP contribution in [0.4, 0.5) is 0 Å². The maximum atomic E-state index is 10.3. The van der Waals surface area contributed by atoms with Crippen molar-refractivity contribution in [2.24, 2.45) is 0 Å². The average Bonchev–Trinajstić information content (AvgIpc) is 3.73. The SMILES string of the molecule is N#Cc1ccc2c3ccccc3n(-c3cccc4c3oc3c(C#N)cc(-c5cccc6c5oc5ccccc56)cc34)c2c1. The third-order valence-electron chi connectivity index (χ3n) is 8.46. The van der Waals surface area contributed by atoms with E-state index in [2.05, 4.69) is 47.0 Å². The van der Waals surface area contributed by atoms with Crippen LogP contribution in [0, 0.1) is 22.7 Å². The molecule has 0 atom stereocenters. The Morgan fingerprint density at radius 1 is 0.512 bits per heavy atom. The van der Waals surface area contributed by atoms with E-state index in [1.165, 1.54) is 0 Å². The number of hydrogen-bond donors (Lipinski definition) is 0. The third-order valence-corrected chi connectivity index (χ3v) is 8.46. The lowest BCUT2D eigenvalue weighted by atomic mass is 9.98. The summed E-state index contributed by atoms with van der Waals surface area (Å²) in [5, 5.41) is 26.0. The van der Waals surface area contributed by atoms with E-state index in [4.69, 9.17) is 8.83 Å². The van der Waals surface area contributed by atoms with Gasteiger partial charge in [0, 0.05) is 37.9 Å². The van der Waals surface area contributed by atoms with Crippen molar-refractivity contribution in [3.05, 3.63) is 126 Å². The predicted octanol–water partition coefficient (Wildman–Crippen LogP) is 9.99. The van der Waals surface area contributed by atoms with Crippen LogP contribution in [0.1, 0.15) is 11.1 Å². The molecule has 0 aliphatic carbocycles. The average molecular weight is 550 g/mol. The molecule has 3 heterocycles. The fourth-order valence-electron chi connectivity index (χ4n) is 6.57.